The van der Waals surface area contributed by atoms with Gasteiger partial charge in [0.15, 0.2) is 5.75 Å². The van der Waals surface area contributed by atoms with E-state index in [0.717, 1.165) is 31.4 Å². The zero-order valence-electron chi connectivity index (χ0n) is 11.0. The molecule has 0 spiro atoms. The number of methoxy groups -OCH3 is 1. The highest BCUT2D eigenvalue weighted by Gasteiger charge is 2.29. The smallest absolute Gasteiger partial charge is 0.310 e. The normalized spacial score (nSPS) is 21.6. The Kier molecular flexibility index (Phi) is 4.19. The molecule has 7 heteroatoms. The van der Waals surface area contributed by atoms with E-state index in [1.807, 2.05) is 0 Å². The van der Waals surface area contributed by atoms with E-state index in [-0.39, 0.29) is 23.6 Å². The number of nitro groups is 1. The van der Waals surface area contributed by atoms with Gasteiger partial charge in [-0.3, -0.25) is 14.9 Å². The van der Waals surface area contributed by atoms with E-state index in [4.69, 9.17) is 4.74 Å². The van der Waals surface area contributed by atoms with Gasteiger partial charge in [0.2, 0.25) is 0 Å². The summed E-state index contributed by atoms with van der Waals surface area (Å²) in [5, 5.41) is 22.9. The molecule has 0 saturated heterocycles. The molecule has 1 saturated carbocycles. The third-order valence-corrected chi connectivity index (χ3v) is 3.51. The van der Waals surface area contributed by atoms with E-state index in [1.165, 1.54) is 6.07 Å². The van der Waals surface area contributed by atoms with Gasteiger partial charge in [-0.15, -0.1) is 0 Å². The highest BCUT2D eigenvalue weighted by molar-refractivity contribution is 5.95. The van der Waals surface area contributed by atoms with Crippen LogP contribution in [-0.4, -0.2) is 35.2 Å². The van der Waals surface area contributed by atoms with Gasteiger partial charge in [-0.1, -0.05) is 0 Å². The van der Waals surface area contributed by atoms with Crippen molar-refractivity contribution >= 4 is 11.6 Å². The predicted molar refractivity (Wildman–Crippen MR) is 70.7 cm³/mol. The Balaban J connectivity index is 2.10. The van der Waals surface area contributed by atoms with E-state index in [0.29, 0.717) is 0 Å². The van der Waals surface area contributed by atoms with E-state index >= 15 is 0 Å². The summed E-state index contributed by atoms with van der Waals surface area (Å²) >= 11 is 0. The first-order valence-corrected chi connectivity index (χ1v) is 6.34. The zero-order valence-corrected chi connectivity index (χ0v) is 11.0. The Morgan fingerprint density at radius 1 is 1.50 bits per heavy atom. The number of amides is 1. The summed E-state index contributed by atoms with van der Waals surface area (Å²) in [6.45, 7) is 0. The van der Waals surface area contributed by atoms with Crippen LogP contribution in [-0.2, 0) is 4.74 Å². The number of rotatable bonds is 4. The fraction of sp³-hybridized carbons (Fsp3) is 0.462. The summed E-state index contributed by atoms with van der Waals surface area (Å²) < 4.78 is 5.28. The number of benzene rings is 1. The minimum absolute atomic E-state index is 0.00871. The number of ether oxygens (including phenoxy) is 1. The highest BCUT2D eigenvalue weighted by atomic mass is 16.6. The Bertz CT molecular complexity index is 531. The van der Waals surface area contributed by atoms with E-state index < -0.39 is 16.4 Å². The number of hydrogen-bond acceptors (Lipinski definition) is 5. The lowest BCUT2D eigenvalue weighted by atomic mass is 10.1. The van der Waals surface area contributed by atoms with Crippen molar-refractivity contribution in [3.8, 4) is 5.75 Å². The second kappa shape index (κ2) is 5.87. The minimum atomic E-state index is -0.699. The molecule has 1 aliphatic carbocycles. The maximum atomic E-state index is 12.0. The number of nitrogens with zero attached hydrogens (tertiary/aromatic N) is 1. The van der Waals surface area contributed by atoms with Crippen LogP contribution in [0.3, 0.4) is 0 Å². The van der Waals surface area contributed by atoms with Gasteiger partial charge in [-0.05, 0) is 31.4 Å². The summed E-state index contributed by atoms with van der Waals surface area (Å²) in [5.41, 5.74) is -0.230. The molecule has 1 amide bonds. The molecule has 0 heterocycles. The number of phenols is 1. The fourth-order valence-electron chi connectivity index (χ4n) is 2.44. The summed E-state index contributed by atoms with van der Waals surface area (Å²) in [6.07, 6.45) is 2.70. The average Bonchev–Trinajstić information content (AvgIpc) is 2.85. The Labute approximate surface area is 115 Å². The Morgan fingerprint density at radius 3 is 2.85 bits per heavy atom. The minimum Gasteiger partial charge on any atom is -0.502 e. The first-order chi connectivity index (χ1) is 9.52. The second-order valence-electron chi connectivity index (χ2n) is 4.75. The van der Waals surface area contributed by atoms with Gasteiger partial charge in [-0.2, -0.15) is 0 Å². The standard InChI is InChI=1S/C13H16N2O5/c1-20-12-4-2-3-9(12)14-13(17)8-5-6-10(15(18)19)11(16)7-8/h5-7,9,12,16H,2-4H2,1H3,(H,14,17). The topological polar surface area (TPSA) is 102 Å². The fourth-order valence-corrected chi connectivity index (χ4v) is 2.44. The van der Waals surface area contributed by atoms with E-state index in [1.54, 1.807) is 7.11 Å². The van der Waals surface area contributed by atoms with Gasteiger partial charge in [-0.25, -0.2) is 0 Å². The van der Waals surface area contributed by atoms with Gasteiger partial charge in [0.1, 0.15) is 0 Å². The van der Waals surface area contributed by atoms with Crippen LogP contribution < -0.4 is 5.32 Å². The van der Waals surface area contributed by atoms with Crippen molar-refractivity contribution in [3.05, 3.63) is 33.9 Å². The first kappa shape index (κ1) is 14.3. The SMILES string of the molecule is COC1CCCC1NC(=O)c1ccc([N+](=O)[O-])c(O)c1. The van der Waals surface area contributed by atoms with Crippen molar-refractivity contribution in [3.63, 3.8) is 0 Å². The molecule has 1 fully saturated rings. The second-order valence-corrected chi connectivity index (χ2v) is 4.75. The van der Waals surface area contributed by atoms with Crippen molar-refractivity contribution < 1.29 is 19.6 Å². The molecule has 2 N–H and O–H groups in total. The maximum Gasteiger partial charge on any atom is 0.310 e. The van der Waals surface area contributed by atoms with Crippen LogP contribution in [0.15, 0.2) is 18.2 Å². The lowest BCUT2D eigenvalue weighted by Gasteiger charge is -2.19. The molecule has 1 aromatic carbocycles. The molecular weight excluding hydrogens is 264 g/mol. The van der Waals surface area contributed by atoms with Gasteiger partial charge in [0.05, 0.1) is 17.1 Å². The molecular formula is C13H16N2O5. The number of carbonyl (C=O) groups excluding carboxylic acids is 1. The molecule has 2 atom stereocenters. The lowest BCUT2D eigenvalue weighted by Crippen LogP contribution is -2.40. The van der Waals surface area contributed by atoms with Crippen LogP contribution in [0.2, 0.25) is 0 Å². The summed E-state index contributed by atoms with van der Waals surface area (Å²) in [6, 6.07) is 3.48. The third kappa shape index (κ3) is 2.88. The molecule has 1 aromatic rings. The third-order valence-electron chi connectivity index (χ3n) is 3.51. The van der Waals surface area contributed by atoms with Crippen molar-refractivity contribution in [2.75, 3.05) is 7.11 Å². The summed E-state index contributed by atoms with van der Waals surface area (Å²) in [7, 11) is 1.60. The quantitative estimate of drug-likeness (QED) is 0.644. The average molecular weight is 280 g/mol. The number of aromatic hydroxyl groups is 1. The molecule has 20 heavy (non-hydrogen) atoms. The van der Waals surface area contributed by atoms with Gasteiger partial charge in [0, 0.05) is 18.7 Å². The number of carbonyl (C=O) groups is 1. The molecule has 0 aliphatic heterocycles. The molecule has 1 aliphatic rings. The lowest BCUT2D eigenvalue weighted by molar-refractivity contribution is -0.385. The number of hydrogen-bond donors (Lipinski definition) is 2. The molecule has 108 valence electrons. The number of phenolic OH excluding ortho intramolecular Hbond substituents is 1. The number of nitrogens with one attached hydrogen (secondary N) is 1. The van der Waals surface area contributed by atoms with Crippen LogP contribution in [0.5, 0.6) is 5.75 Å². The molecule has 2 unspecified atom stereocenters. The largest absolute Gasteiger partial charge is 0.502 e. The summed E-state index contributed by atoms with van der Waals surface area (Å²) in [5.74, 6) is -0.887. The monoisotopic (exact) mass is 280 g/mol. The van der Waals surface area contributed by atoms with Crippen LogP contribution in [0, 0.1) is 10.1 Å². The van der Waals surface area contributed by atoms with Crippen molar-refractivity contribution in [1.29, 1.82) is 0 Å². The molecule has 0 radical (unpaired) electrons. The van der Waals surface area contributed by atoms with Crippen LogP contribution in [0.4, 0.5) is 5.69 Å². The Morgan fingerprint density at radius 2 is 2.25 bits per heavy atom. The molecule has 0 aromatic heterocycles. The van der Waals surface area contributed by atoms with E-state index in [9.17, 15) is 20.0 Å². The predicted octanol–water partition coefficient (Wildman–Crippen LogP) is 1.60. The van der Waals surface area contributed by atoms with Gasteiger partial charge < -0.3 is 15.2 Å². The van der Waals surface area contributed by atoms with Gasteiger partial charge >= 0.3 is 5.69 Å². The first-order valence-electron chi connectivity index (χ1n) is 6.34. The highest BCUT2D eigenvalue weighted by Crippen LogP contribution is 2.27. The van der Waals surface area contributed by atoms with Crippen LogP contribution in [0.25, 0.3) is 0 Å². The van der Waals surface area contributed by atoms with E-state index in [2.05, 4.69) is 5.32 Å². The zero-order chi connectivity index (χ0) is 14.7. The van der Waals surface area contributed by atoms with Crippen molar-refractivity contribution in [1.82, 2.24) is 5.32 Å². The van der Waals surface area contributed by atoms with Crippen LogP contribution in [0.1, 0.15) is 29.6 Å². The summed E-state index contributed by atoms with van der Waals surface area (Å²) in [4.78, 5) is 21.9. The molecule has 2 rings (SSSR count). The van der Waals surface area contributed by atoms with Crippen LogP contribution >= 0.6 is 0 Å². The maximum absolute atomic E-state index is 12.0. The van der Waals surface area contributed by atoms with Crippen molar-refractivity contribution in [2.45, 2.75) is 31.4 Å². The van der Waals surface area contributed by atoms with Gasteiger partial charge in [0.25, 0.3) is 5.91 Å². The Hall–Kier alpha value is -2.15. The van der Waals surface area contributed by atoms with Crippen molar-refractivity contribution in [2.24, 2.45) is 0 Å². The molecule has 0 bridgehead atoms. The number of nitro benzene ring substituents is 1. The molecule has 7 nitrogen and oxygen atoms in total.